The normalized spacial score (nSPS) is 14.9. The van der Waals surface area contributed by atoms with Crippen LogP contribution in [-0.2, 0) is 24.3 Å². The number of carboxylic acids is 1. The minimum Gasteiger partial charge on any atom is -0.481 e. The molecule has 174 valence electrons. The maximum Gasteiger partial charge on any atom is 0.309 e. The number of sulfonamides is 1. The zero-order chi connectivity index (χ0) is 23.5. The molecular weight excluding hydrogens is 394 g/mol. The van der Waals surface area contributed by atoms with Gasteiger partial charge in [0.1, 0.15) is 4.75 Å². The summed E-state index contributed by atoms with van der Waals surface area (Å²) in [6.07, 6.45) is 1.02. The number of carbonyl (C=O) groups is 1. The van der Waals surface area contributed by atoms with Crippen LogP contribution in [0.2, 0.25) is 0 Å². The molecule has 0 fully saturated rings. The van der Waals surface area contributed by atoms with Crippen LogP contribution in [0.3, 0.4) is 0 Å². The van der Waals surface area contributed by atoms with Crippen molar-refractivity contribution in [1.29, 1.82) is 0 Å². The van der Waals surface area contributed by atoms with E-state index in [9.17, 15) is 18.3 Å². The molecule has 0 unspecified atom stereocenters. The van der Waals surface area contributed by atoms with Crippen molar-refractivity contribution in [2.45, 2.75) is 98.0 Å². The first-order valence-corrected chi connectivity index (χ1v) is 11.5. The van der Waals surface area contributed by atoms with Crippen LogP contribution in [0.15, 0.2) is 0 Å². The zero-order valence-electron chi connectivity index (χ0n) is 20.2. The number of rotatable bonds is 13. The lowest BCUT2D eigenvalue weighted by Gasteiger charge is -2.43. The summed E-state index contributed by atoms with van der Waals surface area (Å²) < 4.78 is 38.2. The van der Waals surface area contributed by atoms with Gasteiger partial charge in [0.05, 0.1) is 17.6 Å². The fraction of sp³-hybridized carbons (Fsp3) is 0.952. The molecule has 0 saturated heterocycles. The molecule has 0 aliphatic rings. The average molecular weight is 438 g/mol. The molecule has 0 amide bonds. The number of ether oxygens (including phenoxy) is 2. The Balaban J connectivity index is 5.02. The van der Waals surface area contributed by atoms with Crippen molar-refractivity contribution in [3.8, 4) is 0 Å². The van der Waals surface area contributed by atoms with Crippen LogP contribution in [-0.4, -0.2) is 55.7 Å². The smallest absolute Gasteiger partial charge is 0.309 e. The molecule has 0 atom stereocenters. The van der Waals surface area contributed by atoms with Crippen LogP contribution in [0.5, 0.6) is 0 Å². The second-order valence-electron chi connectivity index (χ2n) is 11.0. The summed E-state index contributed by atoms with van der Waals surface area (Å²) in [4.78, 5) is 11.6. The maximum atomic E-state index is 12.7. The standard InChI is InChI=1S/C21H43NO6S/c1-17(2,21(9,10)16(23)24)14-19(5,6)28-13-12-18(3,4)22-29(25,26)20(7,8)15-27-11/h22H,12-15H2,1-11H3,(H,23,24). The minimum absolute atomic E-state index is 0.0936. The van der Waals surface area contributed by atoms with Crippen LogP contribution in [0.1, 0.15) is 82.1 Å². The van der Waals surface area contributed by atoms with Crippen molar-refractivity contribution in [2.24, 2.45) is 10.8 Å². The highest BCUT2D eigenvalue weighted by Crippen LogP contribution is 2.45. The van der Waals surface area contributed by atoms with Crippen molar-refractivity contribution >= 4 is 16.0 Å². The van der Waals surface area contributed by atoms with Gasteiger partial charge < -0.3 is 14.6 Å². The lowest BCUT2D eigenvalue weighted by Crippen LogP contribution is -2.53. The monoisotopic (exact) mass is 437 g/mol. The molecule has 8 heteroatoms. The Kier molecular flexibility index (Phi) is 8.98. The molecule has 0 spiro atoms. The number of methoxy groups -OCH3 is 1. The Hall–Kier alpha value is -0.700. The highest BCUT2D eigenvalue weighted by molar-refractivity contribution is 7.90. The molecule has 0 aliphatic heterocycles. The molecule has 0 rings (SSSR count). The molecule has 0 aromatic rings. The summed E-state index contributed by atoms with van der Waals surface area (Å²) in [5.41, 5.74) is -2.66. The second-order valence-corrected chi connectivity index (χ2v) is 13.3. The van der Waals surface area contributed by atoms with E-state index in [4.69, 9.17) is 9.47 Å². The Bertz CT molecular complexity index is 663. The molecule has 0 radical (unpaired) electrons. The average Bonchev–Trinajstić information content (AvgIpc) is 2.43. The first-order valence-electron chi connectivity index (χ1n) is 10.0. The SMILES string of the molecule is COCC(C)(C)S(=O)(=O)NC(C)(C)CCOC(C)(C)CC(C)(C)C(C)(C)C(=O)O. The van der Waals surface area contributed by atoms with Crippen molar-refractivity contribution < 1.29 is 27.8 Å². The van der Waals surface area contributed by atoms with Gasteiger partial charge in [-0.15, -0.1) is 0 Å². The number of aliphatic carboxylic acids is 1. The van der Waals surface area contributed by atoms with Crippen LogP contribution in [0, 0.1) is 10.8 Å². The summed E-state index contributed by atoms with van der Waals surface area (Å²) >= 11 is 0. The van der Waals surface area contributed by atoms with Crippen molar-refractivity contribution in [1.82, 2.24) is 4.72 Å². The van der Waals surface area contributed by atoms with Gasteiger partial charge in [-0.2, -0.15) is 0 Å². The van der Waals surface area contributed by atoms with Gasteiger partial charge in [-0.3, -0.25) is 4.79 Å². The van der Waals surface area contributed by atoms with Crippen LogP contribution >= 0.6 is 0 Å². The third-order valence-electron chi connectivity index (χ3n) is 5.94. The molecule has 0 bridgehead atoms. The van der Waals surface area contributed by atoms with Gasteiger partial charge in [-0.25, -0.2) is 13.1 Å². The quantitative estimate of drug-likeness (QED) is 0.454. The molecule has 7 nitrogen and oxygen atoms in total. The lowest BCUT2D eigenvalue weighted by atomic mass is 9.63. The molecule has 0 saturated carbocycles. The van der Waals surface area contributed by atoms with E-state index in [1.807, 2.05) is 41.5 Å². The Morgan fingerprint density at radius 2 is 1.45 bits per heavy atom. The topological polar surface area (TPSA) is 102 Å². The van der Waals surface area contributed by atoms with Gasteiger partial charge in [0.2, 0.25) is 10.0 Å². The number of carboxylic acid groups (broad SMARTS) is 1. The van der Waals surface area contributed by atoms with E-state index >= 15 is 0 Å². The molecule has 0 aromatic carbocycles. The van der Waals surface area contributed by atoms with Gasteiger partial charge in [0.25, 0.3) is 0 Å². The highest BCUT2D eigenvalue weighted by Gasteiger charge is 2.46. The number of nitrogens with one attached hydrogen (secondary N) is 1. The zero-order valence-corrected chi connectivity index (χ0v) is 21.0. The third kappa shape index (κ3) is 7.81. The van der Waals surface area contributed by atoms with Crippen LogP contribution < -0.4 is 4.72 Å². The molecule has 2 N–H and O–H groups in total. The lowest BCUT2D eigenvalue weighted by molar-refractivity contribution is -0.157. The fourth-order valence-electron chi connectivity index (χ4n) is 3.19. The summed E-state index contributed by atoms with van der Waals surface area (Å²) in [6, 6.07) is 0. The van der Waals surface area contributed by atoms with E-state index in [1.165, 1.54) is 7.11 Å². The predicted octanol–water partition coefficient (Wildman–Crippen LogP) is 3.82. The van der Waals surface area contributed by atoms with Gasteiger partial charge in [-0.1, -0.05) is 13.8 Å². The summed E-state index contributed by atoms with van der Waals surface area (Å²) in [5.74, 6) is -0.840. The van der Waals surface area contributed by atoms with E-state index in [0.717, 1.165) is 0 Å². The summed E-state index contributed by atoms with van der Waals surface area (Å²) in [5, 5.41) is 9.55. The van der Waals surface area contributed by atoms with E-state index in [-0.39, 0.29) is 6.61 Å². The first kappa shape index (κ1) is 28.3. The molecular formula is C21H43NO6S. The largest absolute Gasteiger partial charge is 0.481 e. The van der Waals surface area contributed by atoms with Gasteiger partial charge in [0, 0.05) is 19.3 Å². The Morgan fingerprint density at radius 1 is 0.966 bits per heavy atom. The van der Waals surface area contributed by atoms with Crippen LogP contribution in [0.25, 0.3) is 0 Å². The summed E-state index contributed by atoms with van der Waals surface area (Å²) in [6.45, 7) is 18.5. The fourth-order valence-corrected chi connectivity index (χ4v) is 4.57. The Morgan fingerprint density at radius 3 is 1.86 bits per heavy atom. The molecule has 0 heterocycles. The first-order chi connectivity index (χ1) is 12.6. The van der Waals surface area contributed by atoms with E-state index in [0.29, 0.717) is 19.4 Å². The second kappa shape index (κ2) is 9.20. The van der Waals surface area contributed by atoms with Crippen molar-refractivity contribution in [2.75, 3.05) is 20.3 Å². The minimum atomic E-state index is -3.60. The highest BCUT2D eigenvalue weighted by atomic mass is 32.2. The number of hydrogen-bond acceptors (Lipinski definition) is 5. The molecule has 0 aliphatic carbocycles. The molecule has 0 aromatic heterocycles. The molecule has 29 heavy (non-hydrogen) atoms. The van der Waals surface area contributed by atoms with Crippen molar-refractivity contribution in [3.05, 3.63) is 0 Å². The van der Waals surface area contributed by atoms with E-state index < -0.39 is 42.7 Å². The maximum absolute atomic E-state index is 12.7. The van der Waals surface area contributed by atoms with Gasteiger partial charge in [0.15, 0.2) is 0 Å². The van der Waals surface area contributed by atoms with Gasteiger partial charge in [-0.05, 0) is 73.6 Å². The van der Waals surface area contributed by atoms with E-state index in [2.05, 4.69) is 4.72 Å². The van der Waals surface area contributed by atoms with E-state index in [1.54, 1.807) is 27.7 Å². The summed E-state index contributed by atoms with van der Waals surface area (Å²) in [7, 11) is -2.12. The van der Waals surface area contributed by atoms with Gasteiger partial charge >= 0.3 is 5.97 Å². The predicted molar refractivity (Wildman–Crippen MR) is 117 cm³/mol. The van der Waals surface area contributed by atoms with Crippen molar-refractivity contribution in [3.63, 3.8) is 0 Å². The third-order valence-corrected chi connectivity index (χ3v) is 8.34. The Labute approximate surface area is 178 Å². The van der Waals surface area contributed by atoms with Crippen LogP contribution in [0.4, 0.5) is 0 Å². The number of hydrogen-bond donors (Lipinski definition) is 2.